The predicted molar refractivity (Wildman–Crippen MR) is 89.0 cm³/mol. The lowest BCUT2D eigenvalue weighted by atomic mass is 10.2. The van der Waals surface area contributed by atoms with Gasteiger partial charge in [0.05, 0.1) is 12.2 Å². The Morgan fingerprint density at radius 1 is 1.41 bits per heavy atom. The predicted octanol–water partition coefficient (Wildman–Crippen LogP) is 3.31. The molecule has 118 valence electrons. The molecule has 3 rings (SSSR count). The van der Waals surface area contributed by atoms with Crippen molar-refractivity contribution in [2.75, 3.05) is 18.4 Å². The lowest BCUT2D eigenvalue weighted by molar-refractivity contribution is -0.115. The summed E-state index contributed by atoms with van der Waals surface area (Å²) in [5.41, 5.74) is 1.37. The van der Waals surface area contributed by atoms with Crippen molar-refractivity contribution in [1.29, 1.82) is 0 Å². The number of anilines is 1. The van der Waals surface area contributed by atoms with Crippen LogP contribution in [0.3, 0.4) is 0 Å². The smallest absolute Gasteiger partial charge is 0.240 e. The standard InChI is InChI=1S/C15H16FN3OS.ClH/c16-12-3-1-2-11(6-12)13-9-21-15(18-13)19-14(20)8-17-7-10-4-5-10;/h1-3,6,9-10,17H,4-5,7-8H2,(H,18,19,20);1H. The number of aromatic nitrogens is 1. The van der Waals surface area contributed by atoms with Crippen molar-refractivity contribution in [3.8, 4) is 11.3 Å². The van der Waals surface area contributed by atoms with Crippen molar-refractivity contribution >= 4 is 34.8 Å². The molecule has 0 unspecified atom stereocenters. The first-order chi connectivity index (χ1) is 10.2. The first kappa shape index (κ1) is 16.9. The normalized spacial score (nSPS) is 13.5. The van der Waals surface area contributed by atoms with Crippen LogP contribution >= 0.6 is 23.7 Å². The molecule has 1 fully saturated rings. The summed E-state index contributed by atoms with van der Waals surface area (Å²) >= 11 is 1.34. The molecule has 4 nitrogen and oxygen atoms in total. The Morgan fingerprint density at radius 3 is 2.95 bits per heavy atom. The average molecular weight is 342 g/mol. The Labute approximate surface area is 138 Å². The minimum atomic E-state index is -0.296. The third-order valence-corrected chi connectivity index (χ3v) is 4.04. The van der Waals surface area contributed by atoms with E-state index in [4.69, 9.17) is 0 Å². The zero-order valence-electron chi connectivity index (χ0n) is 11.8. The summed E-state index contributed by atoms with van der Waals surface area (Å²) in [4.78, 5) is 16.1. The third-order valence-electron chi connectivity index (χ3n) is 3.29. The lowest BCUT2D eigenvalue weighted by Gasteiger charge is -2.03. The molecule has 0 atom stereocenters. The van der Waals surface area contributed by atoms with E-state index < -0.39 is 0 Å². The molecular formula is C15H17ClFN3OS. The Balaban J connectivity index is 0.00000176. The lowest BCUT2D eigenvalue weighted by Crippen LogP contribution is -2.29. The van der Waals surface area contributed by atoms with Crippen LogP contribution in [-0.4, -0.2) is 24.0 Å². The highest BCUT2D eigenvalue weighted by atomic mass is 35.5. The molecule has 1 aromatic heterocycles. The minimum absolute atomic E-state index is 0. The number of carbonyl (C=O) groups is 1. The first-order valence-corrected chi connectivity index (χ1v) is 7.81. The fourth-order valence-electron chi connectivity index (χ4n) is 1.99. The van der Waals surface area contributed by atoms with Crippen molar-refractivity contribution in [3.05, 3.63) is 35.5 Å². The summed E-state index contributed by atoms with van der Waals surface area (Å²) in [7, 11) is 0. The van der Waals surface area contributed by atoms with Gasteiger partial charge in [-0.15, -0.1) is 23.7 Å². The van der Waals surface area contributed by atoms with E-state index in [1.54, 1.807) is 12.1 Å². The number of amides is 1. The maximum atomic E-state index is 13.2. The van der Waals surface area contributed by atoms with Gasteiger partial charge in [-0.05, 0) is 37.4 Å². The van der Waals surface area contributed by atoms with Crippen LogP contribution < -0.4 is 10.6 Å². The molecule has 0 saturated heterocycles. The van der Waals surface area contributed by atoms with E-state index in [-0.39, 0.29) is 24.1 Å². The summed E-state index contributed by atoms with van der Waals surface area (Å²) in [6, 6.07) is 6.26. The van der Waals surface area contributed by atoms with Crippen LogP contribution in [0.5, 0.6) is 0 Å². The number of rotatable bonds is 6. The van der Waals surface area contributed by atoms with E-state index in [0.717, 1.165) is 12.5 Å². The number of nitrogens with one attached hydrogen (secondary N) is 2. The van der Waals surface area contributed by atoms with Gasteiger partial charge in [-0.1, -0.05) is 12.1 Å². The summed E-state index contributed by atoms with van der Waals surface area (Å²) in [6.45, 7) is 1.20. The fraction of sp³-hybridized carbons (Fsp3) is 0.333. The second kappa shape index (κ2) is 7.67. The van der Waals surface area contributed by atoms with Gasteiger partial charge >= 0.3 is 0 Å². The van der Waals surface area contributed by atoms with E-state index in [0.29, 0.717) is 22.9 Å². The van der Waals surface area contributed by atoms with Crippen LogP contribution in [0.15, 0.2) is 29.6 Å². The van der Waals surface area contributed by atoms with Crippen LogP contribution in [0.1, 0.15) is 12.8 Å². The fourth-order valence-corrected chi connectivity index (χ4v) is 2.72. The number of halogens is 2. The molecule has 1 aliphatic rings. The molecule has 2 aromatic rings. The number of hydrogen-bond donors (Lipinski definition) is 2. The van der Waals surface area contributed by atoms with Crippen LogP contribution in [0.2, 0.25) is 0 Å². The molecule has 0 aliphatic heterocycles. The number of benzene rings is 1. The Kier molecular flexibility index (Phi) is 5.88. The molecule has 1 heterocycles. The summed E-state index contributed by atoms with van der Waals surface area (Å²) in [5.74, 6) is 0.350. The van der Waals surface area contributed by atoms with E-state index in [9.17, 15) is 9.18 Å². The highest BCUT2D eigenvalue weighted by molar-refractivity contribution is 7.14. The number of carbonyl (C=O) groups excluding carboxylic acids is 1. The van der Waals surface area contributed by atoms with Crippen molar-refractivity contribution in [2.24, 2.45) is 5.92 Å². The van der Waals surface area contributed by atoms with Gasteiger partial charge in [0.15, 0.2) is 5.13 Å². The molecule has 1 amide bonds. The molecule has 0 bridgehead atoms. The molecule has 1 aliphatic carbocycles. The van der Waals surface area contributed by atoms with Crippen molar-refractivity contribution in [1.82, 2.24) is 10.3 Å². The largest absolute Gasteiger partial charge is 0.308 e. The van der Waals surface area contributed by atoms with Gasteiger partial charge in [0.1, 0.15) is 5.82 Å². The highest BCUT2D eigenvalue weighted by Gasteiger charge is 2.20. The van der Waals surface area contributed by atoms with Gasteiger partial charge in [-0.3, -0.25) is 4.79 Å². The van der Waals surface area contributed by atoms with Gasteiger partial charge in [0.25, 0.3) is 0 Å². The van der Waals surface area contributed by atoms with Crippen molar-refractivity contribution in [2.45, 2.75) is 12.8 Å². The quantitative estimate of drug-likeness (QED) is 0.847. The molecular weight excluding hydrogens is 325 g/mol. The monoisotopic (exact) mass is 341 g/mol. The average Bonchev–Trinajstić information content (AvgIpc) is 3.16. The van der Waals surface area contributed by atoms with E-state index >= 15 is 0 Å². The van der Waals surface area contributed by atoms with Gasteiger partial charge < -0.3 is 10.6 Å². The summed E-state index contributed by atoms with van der Waals surface area (Å²) in [5, 5.41) is 8.22. The SMILES string of the molecule is Cl.O=C(CNCC1CC1)Nc1nc(-c2cccc(F)c2)cs1. The van der Waals surface area contributed by atoms with Crippen LogP contribution in [0.4, 0.5) is 9.52 Å². The van der Waals surface area contributed by atoms with Crippen molar-refractivity contribution < 1.29 is 9.18 Å². The summed E-state index contributed by atoms with van der Waals surface area (Å²) in [6.07, 6.45) is 2.52. The zero-order chi connectivity index (χ0) is 14.7. The minimum Gasteiger partial charge on any atom is -0.308 e. The molecule has 22 heavy (non-hydrogen) atoms. The van der Waals surface area contributed by atoms with E-state index in [2.05, 4.69) is 15.6 Å². The van der Waals surface area contributed by atoms with Gasteiger partial charge in [-0.2, -0.15) is 0 Å². The molecule has 0 radical (unpaired) electrons. The molecule has 1 saturated carbocycles. The number of nitrogens with zero attached hydrogens (tertiary/aromatic N) is 1. The van der Waals surface area contributed by atoms with Crippen molar-refractivity contribution in [3.63, 3.8) is 0 Å². The van der Waals surface area contributed by atoms with Gasteiger partial charge in [-0.25, -0.2) is 9.37 Å². The Hall–Kier alpha value is -1.50. The number of hydrogen-bond acceptors (Lipinski definition) is 4. The maximum Gasteiger partial charge on any atom is 0.240 e. The molecule has 1 aromatic carbocycles. The Bertz CT molecular complexity index is 645. The molecule has 7 heteroatoms. The first-order valence-electron chi connectivity index (χ1n) is 6.93. The molecule has 0 spiro atoms. The van der Waals surface area contributed by atoms with E-state index in [1.807, 2.05) is 5.38 Å². The Morgan fingerprint density at radius 2 is 2.23 bits per heavy atom. The zero-order valence-corrected chi connectivity index (χ0v) is 13.5. The maximum absolute atomic E-state index is 13.2. The van der Waals surface area contributed by atoms with Gasteiger partial charge in [0, 0.05) is 10.9 Å². The second-order valence-electron chi connectivity index (χ2n) is 5.17. The topological polar surface area (TPSA) is 54.0 Å². The number of thiazole rings is 1. The van der Waals surface area contributed by atoms with Crippen LogP contribution in [0, 0.1) is 11.7 Å². The highest BCUT2D eigenvalue weighted by Crippen LogP contribution is 2.27. The van der Waals surface area contributed by atoms with Crippen LogP contribution in [-0.2, 0) is 4.79 Å². The molecule has 2 N–H and O–H groups in total. The second-order valence-corrected chi connectivity index (χ2v) is 6.03. The summed E-state index contributed by atoms with van der Waals surface area (Å²) < 4.78 is 13.2. The third kappa shape index (κ3) is 4.76. The van der Waals surface area contributed by atoms with E-state index in [1.165, 1.54) is 36.3 Å². The van der Waals surface area contributed by atoms with Crippen LogP contribution in [0.25, 0.3) is 11.3 Å². The van der Waals surface area contributed by atoms with Gasteiger partial charge in [0.2, 0.25) is 5.91 Å².